The molecule has 1 aliphatic carbocycles. The largest absolute Gasteiger partial charge is 0.372 e. The van der Waals surface area contributed by atoms with E-state index in [4.69, 9.17) is 4.99 Å². The molecule has 1 unspecified atom stereocenters. The van der Waals surface area contributed by atoms with Crippen molar-refractivity contribution >= 4 is 27.5 Å². The fraction of sp³-hybridized carbons (Fsp3) is 0.600. The van der Waals surface area contributed by atoms with Crippen molar-refractivity contribution in [2.45, 2.75) is 96.6 Å². The highest BCUT2D eigenvalue weighted by molar-refractivity contribution is 8.10. The molecule has 2 aromatic carbocycles. The highest BCUT2D eigenvalue weighted by Gasteiger charge is 2.26. The Morgan fingerprint density at radius 2 is 1.29 bits per heavy atom. The minimum Gasteiger partial charge on any atom is -0.372 e. The van der Waals surface area contributed by atoms with Gasteiger partial charge in [-0.15, -0.1) is 10.5 Å². The molecule has 0 spiro atoms. The maximum absolute atomic E-state index is 5.47. The Morgan fingerprint density at radius 3 is 1.85 bits per heavy atom. The van der Waals surface area contributed by atoms with E-state index in [0.29, 0.717) is 0 Å². The van der Waals surface area contributed by atoms with Crippen LogP contribution in [-0.4, -0.2) is 31.4 Å². The van der Waals surface area contributed by atoms with Gasteiger partial charge in [-0.2, -0.15) is 0 Å². The van der Waals surface area contributed by atoms with Crippen molar-refractivity contribution in [3.8, 4) is 0 Å². The maximum atomic E-state index is 5.47. The summed E-state index contributed by atoms with van der Waals surface area (Å²) in [6.07, 6.45) is 8.95. The van der Waals surface area contributed by atoms with Crippen molar-refractivity contribution in [3.63, 3.8) is 0 Å². The molecule has 3 nitrogen and oxygen atoms in total. The number of anilines is 2. The Hall–Kier alpha value is -1.81. The summed E-state index contributed by atoms with van der Waals surface area (Å²) < 4.78 is 1.53. The summed E-state index contributed by atoms with van der Waals surface area (Å²) >= 11 is 0. The highest BCUT2D eigenvalue weighted by atomic mass is 32.2. The van der Waals surface area contributed by atoms with E-state index in [0.717, 1.165) is 44.3 Å². The van der Waals surface area contributed by atoms with E-state index in [1.54, 1.807) is 0 Å². The molecule has 186 valence electrons. The van der Waals surface area contributed by atoms with Gasteiger partial charge >= 0.3 is 0 Å². The van der Waals surface area contributed by atoms with Crippen LogP contribution in [0.1, 0.15) is 84.8 Å². The standard InChI is InChI=1S/C30H45N3S/c1-7-22-18-24(32(9-3)10-4)20-27-29(22)31-30-23(8-2)19-25(33(11-5)12-6)21-28(30)34(27)26-16-14-13-15-17-26/h18-21,26H,7-17H2,1-6H3. The predicted molar refractivity (Wildman–Crippen MR) is 151 cm³/mol. The van der Waals surface area contributed by atoms with Gasteiger partial charge in [0.25, 0.3) is 0 Å². The lowest BCUT2D eigenvalue weighted by molar-refractivity contribution is 0.515. The first kappa shape index (κ1) is 25.3. The van der Waals surface area contributed by atoms with Crippen LogP contribution >= 0.6 is 10.5 Å². The van der Waals surface area contributed by atoms with Gasteiger partial charge in [-0.1, -0.05) is 33.1 Å². The molecule has 1 aliphatic heterocycles. The molecule has 2 aromatic rings. The van der Waals surface area contributed by atoms with Crippen LogP contribution in [-0.2, 0) is 12.8 Å². The van der Waals surface area contributed by atoms with Crippen LogP contribution in [0.2, 0.25) is 0 Å². The third kappa shape index (κ3) is 4.67. The fourth-order valence-corrected chi connectivity index (χ4v) is 8.89. The summed E-state index contributed by atoms with van der Waals surface area (Å²) in [5, 5.41) is 2.04. The summed E-state index contributed by atoms with van der Waals surface area (Å²) in [5.74, 6) is 0. The zero-order chi connectivity index (χ0) is 24.2. The summed E-state index contributed by atoms with van der Waals surface area (Å²) in [5.41, 5.74) is 6.93. The van der Waals surface area contributed by atoms with E-state index in [-0.39, 0.29) is 10.5 Å². The van der Waals surface area contributed by atoms with Gasteiger partial charge in [0.05, 0.1) is 11.0 Å². The van der Waals surface area contributed by atoms with Crippen LogP contribution < -0.4 is 15.2 Å². The van der Waals surface area contributed by atoms with Crippen LogP contribution in [0.5, 0.6) is 0 Å². The molecule has 0 radical (unpaired) electrons. The molecule has 0 saturated heterocycles. The Morgan fingerprint density at radius 1 is 0.735 bits per heavy atom. The first-order valence-corrected chi connectivity index (χ1v) is 15.2. The molecule has 0 amide bonds. The monoisotopic (exact) mass is 479 g/mol. The van der Waals surface area contributed by atoms with Gasteiger partial charge in [-0.05, 0) is 88.8 Å². The van der Waals surface area contributed by atoms with E-state index >= 15 is 0 Å². The Kier molecular flexibility index (Phi) is 8.39. The van der Waals surface area contributed by atoms with Crippen molar-refractivity contribution in [1.82, 2.24) is 0 Å². The van der Waals surface area contributed by atoms with E-state index in [2.05, 4.69) is 75.6 Å². The zero-order valence-electron chi connectivity index (χ0n) is 22.4. The number of hydrogen-bond acceptors (Lipinski definition) is 3. The Labute approximate surface area is 210 Å². The number of aryl methyl sites for hydroxylation is 2. The van der Waals surface area contributed by atoms with Crippen molar-refractivity contribution in [2.75, 3.05) is 36.0 Å². The minimum absolute atomic E-state index is 0.0866. The lowest BCUT2D eigenvalue weighted by Gasteiger charge is -2.32. The molecule has 4 rings (SSSR count). The van der Waals surface area contributed by atoms with Gasteiger partial charge in [0, 0.05) is 52.2 Å². The van der Waals surface area contributed by atoms with Gasteiger partial charge in [-0.25, -0.2) is 4.99 Å². The number of fused-ring (bicyclic) bond motifs is 2. The molecule has 1 saturated carbocycles. The molecular weight excluding hydrogens is 434 g/mol. The fourth-order valence-electron chi connectivity index (χ4n) is 5.86. The summed E-state index contributed by atoms with van der Waals surface area (Å²) in [6.45, 7) is 17.9. The average molecular weight is 480 g/mol. The van der Waals surface area contributed by atoms with E-state index in [9.17, 15) is 0 Å². The second-order valence-electron chi connectivity index (χ2n) is 9.66. The SMILES string of the molecule is CCc1cc(N(CC)CC)cc2c1N=c1c(CC)cc(N(CC)CC)cc1=S2C1CCCCC1. The second kappa shape index (κ2) is 11.3. The molecule has 1 atom stereocenters. The van der Waals surface area contributed by atoms with Crippen molar-refractivity contribution < 1.29 is 0 Å². The van der Waals surface area contributed by atoms with Crippen LogP contribution in [0.3, 0.4) is 0 Å². The van der Waals surface area contributed by atoms with Crippen molar-refractivity contribution in [2.24, 2.45) is 4.99 Å². The predicted octanol–water partition coefficient (Wildman–Crippen LogP) is 7.68. The van der Waals surface area contributed by atoms with Gasteiger partial charge in [0.1, 0.15) is 0 Å². The number of nitrogens with zero attached hydrogens (tertiary/aromatic N) is 3. The van der Waals surface area contributed by atoms with Gasteiger partial charge in [-0.3, -0.25) is 0 Å². The smallest absolute Gasteiger partial charge is 0.0802 e. The topological polar surface area (TPSA) is 18.8 Å². The molecule has 1 heterocycles. The lowest BCUT2D eigenvalue weighted by Crippen LogP contribution is -2.25. The molecule has 1 fully saturated rings. The Bertz CT molecular complexity index is 1120. The molecule has 0 aromatic heterocycles. The third-order valence-electron chi connectivity index (χ3n) is 7.88. The van der Waals surface area contributed by atoms with Crippen LogP contribution in [0, 0.1) is 4.51 Å². The van der Waals surface area contributed by atoms with Crippen LogP contribution in [0.4, 0.5) is 17.1 Å². The van der Waals surface area contributed by atoms with Gasteiger partial charge < -0.3 is 9.80 Å². The van der Waals surface area contributed by atoms with Crippen molar-refractivity contribution in [1.29, 1.82) is 0 Å². The number of benzene rings is 2. The highest BCUT2D eigenvalue weighted by Crippen LogP contribution is 2.50. The molecule has 4 heteroatoms. The molecule has 0 N–H and O–H groups in total. The first-order chi connectivity index (χ1) is 16.6. The van der Waals surface area contributed by atoms with E-state index < -0.39 is 0 Å². The van der Waals surface area contributed by atoms with Crippen LogP contribution in [0.25, 0.3) is 0 Å². The van der Waals surface area contributed by atoms with Gasteiger partial charge in [0.2, 0.25) is 0 Å². The molecule has 0 bridgehead atoms. The number of rotatable bonds is 9. The Balaban J connectivity index is 2.08. The third-order valence-corrected chi connectivity index (χ3v) is 10.6. The normalized spacial score (nSPS) is 17.6. The average Bonchev–Trinajstić information content (AvgIpc) is 2.88. The number of hydrogen-bond donors (Lipinski definition) is 0. The molecular formula is C30H45N3S. The zero-order valence-corrected chi connectivity index (χ0v) is 23.2. The quantitative estimate of drug-likeness (QED) is 0.343. The summed E-state index contributed by atoms with van der Waals surface area (Å²) in [7, 11) is 0.0866. The maximum Gasteiger partial charge on any atom is 0.0802 e. The first-order valence-electron chi connectivity index (χ1n) is 13.9. The van der Waals surface area contributed by atoms with Crippen molar-refractivity contribution in [3.05, 3.63) is 45.3 Å². The molecule has 2 aliphatic rings. The van der Waals surface area contributed by atoms with E-state index in [1.807, 2.05) is 0 Å². The van der Waals surface area contributed by atoms with E-state index in [1.165, 1.54) is 75.1 Å². The molecule has 34 heavy (non-hydrogen) atoms. The summed E-state index contributed by atoms with van der Waals surface area (Å²) in [4.78, 5) is 12.0. The van der Waals surface area contributed by atoms with Gasteiger partial charge in [0.15, 0.2) is 0 Å². The minimum atomic E-state index is 0.0866. The van der Waals surface area contributed by atoms with Crippen LogP contribution in [0.15, 0.2) is 34.2 Å². The summed E-state index contributed by atoms with van der Waals surface area (Å²) in [6, 6.07) is 9.92. The second-order valence-corrected chi connectivity index (χ2v) is 11.9. The lowest BCUT2D eigenvalue weighted by atomic mass is 10.0.